The second-order valence-electron chi connectivity index (χ2n) is 27.9. The quantitative estimate of drug-likeness (QED) is 0.0641. The Kier molecular flexibility index (Phi) is 16.6. The minimum absolute atomic E-state index is 0.0313. The maximum atomic E-state index is 15.4. The SMILES string of the molecule is CC[C@H](/C=C1\OC(=O)C2=C3c4cc(O)ccc4-c4cccc(c4)CNCCc4cc(cc(C5(NCC(C)C)CCCC5)c4)[C@@H](NC[C@H](C)O)[C@H]4CC[C@@]([C@@H]5CCN[C@H](NC)C5)(CC=C5OC(=O)C6=C5CC[C@H]5[C@H]3CC[C@@]21[C@@H]65)C4)Cc1ccccc1. The number of ether oxygens (including phenoxy) is 2. The van der Waals surface area contributed by atoms with E-state index >= 15 is 9.59 Å². The van der Waals surface area contributed by atoms with Crippen molar-refractivity contribution >= 4 is 17.5 Å². The number of fused-ring (bicyclic) bond motifs is 5. The van der Waals surface area contributed by atoms with Gasteiger partial charge in [0, 0.05) is 41.7 Å². The van der Waals surface area contributed by atoms with Crippen molar-refractivity contribution in [1.29, 1.82) is 0 Å². The second kappa shape index (κ2) is 24.1. The Balaban J connectivity index is 0.976. The number of carbonyl (C=O) groups is 2. The molecule has 4 aromatic carbocycles. The molecule has 15 rings (SSSR count). The lowest BCUT2D eigenvalue weighted by Gasteiger charge is -2.56. The molecule has 5 fully saturated rings. The number of aliphatic hydroxyl groups is 1. The van der Waals surface area contributed by atoms with Gasteiger partial charge in [-0.15, -0.1) is 0 Å². The van der Waals surface area contributed by atoms with E-state index in [4.69, 9.17) is 9.47 Å². The number of carbonyl (C=O) groups excluding carboxylic acids is 2. The van der Waals surface area contributed by atoms with Crippen molar-refractivity contribution < 1.29 is 29.3 Å². The molecule has 11 aliphatic rings. The Morgan fingerprint density at radius 2 is 1.66 bits per heavy atom. The Hall–Kier alpha value is -5.66. The number of aromatic hydroxyl groups is 1. The van der Waals surface area contributed by atoms with Crippen LogP contribution in [0.1, 0.15) is 163 Å². The van der Waals surface area contributed by atoms with Crippen LogP contribution in [0, 0.1) is 52.3 Å². The molecule has 2 saturated heterocycles. The first-order chi connectivity index (χ1) is 41.3. The lowest BCUT2D eigenvalue weighted by Crippen LogP contribution is -2.52. The third-order valence-corrected chi connectivity index (χ3v) is 22.4. The van der Waals surface area contributed by atoms with Crippen LogP contribution in [-0.2, 0) is 44.0 Å². The minimum atomic E-state index is -0.893. The van der Waals surface area contributed by atoms with Gasteiger partial charge >= 0.3 is 11.9 Å². The van der Waals surface area contributed by atoms with Crippen molar-refractivity contribution in [3.8, 4) is 16.9 Å². The monoisotopic (exact) mass is 1150 g/mol. The number of benzene rings is 4. The third kappa shape index (κ3) is 10.9. The summed E-state index contributed by atoms with van der Waals surface area (Å²) in [5.74, 6) is 2.02. The van der Waals surface area contributed by atoms with Crippen LogP contribution in [0.3, 0.4) is 0 Å². The number of hydrogen-bond acceptors (Lipinski definition) is 11. The zero-order valence-corrected chi connectivity index (χ0v) is 51.2. The van der Waals surface area contributed by atoms with E-state index in [0.717, 1.165) is 148 Å². The molecule has 5 heterocycles. The normalized spacial score (nSPS) is 30.9. The van der Waals surface area contributed by atoms with Crippen LogP contribution in [0.15, 0.2) is 131 Å². The number of phenols is 1. The van der Waals surface area contributed by atoms with Crippen molar-refractivity contribution in [2.75, 3.05) is 33.2 Å². The summed E-state index contributed by atoms with van der Waals surface area (Å²) in [4.78, 5) is 30.7. The highest BCUT2D eigenvalue weighted by Crippen LogP contribution is 2.72. The van der Waals surface area contributed by atoms with Crippen molar-refractivity contribution in [3.05, 3.63) is 165 Å². The molecule has 0 radical (unpaired) electrons. The molecule has 11 heteroatoms. The number of rotatable bonds is 13. The number of aliphatic hydroxyl groups excluding tert-OH is 1. The Bertz CT molecular complexity index is 3300. The van der Waals surface area contributed by atoms with E-state index in [-0.39, 0.29) is 64.5 Å². The molecular weight excluding hydrogens is 1050 g/mol. The average Bonchev–Trinajstić information content (AvgIpc) is 1.64. The lowest BCUT2D eigenvalue weighted by atomic mass is 9.44. The molecule has 0 unspecified atom stereocenters. The molecule has 6 aliphatic carbocycles. The number of hydrogen-bond donors (Lipinski definition) is 7. The summed E-state index contributed by atoms with van der Waals surface area (Å²) in [6, 6.07) is 32.6. The van der Waals surface area contributed by atoms with Gasteiger partial charge in [0.05, 0.1) is 23.3 Å². The van der Waals surface area contributed by atoms with Crippen molar-refractivity contribution in [3.63, 3.8) is 0 Å². The molecule has 0 amide bonds. The van der Waals surface area contributed by atoms with Crippen LogP contribution in [0.5, 0.6) is 5.75 Å². The zero-order chi connectivity index (χ0) is 58.6. The van der Waals surface area contributed by atoms with E-state index in [2.05, 4.69) is 139 Å². The molecule has 5 aliphatic heterocycles. The molecule has 85 heavy (non-hydrogen) atoms. The van der Waals surface area contributed by atoms with Gasteiger partial charge in [-0.25, -0.2) is 9.59 Å². The summed E-state index contributed by atoms with van der Waals surface area (Å²) in [6.45, 7) is 12.6. The fourth-order valence-electron chi connectivity index (χ4n) is 18.3. The van der Waals surface area contributed by atoms with Gasteiger partial charge in [0.25, 0.3) is 0 Å². The number of piperidine rings is 1. The molecule has 3 saturated carbocycles. The Morgan fingerprint density at radius 3 is 2.46 bits per heavy atom. The predicted octanol–water partition coefficient (Wildman–Crippen LogP) is 12.8. The van der Waals surface area contributed by atoms with Gasteiger partial charge in [-0.2, -0.15) is 0 Å². The van der Waals surface area contributed by atoms with Crippen LogP contribution in [0.25, 0.3) is 16.7 Å². The van der Waals surface area contributed by atoms with Gasteiger partial charge < -0.3 is 46.3 Å². The van der Waals surface area contributed by atoms with Gasteiger partial charge in [0.2, 0.25) is 0 Å². The van der Waals surface area contributed by atoms with Crippen LogP contribution in [-0.4, -0.2) is 67.6 Å². The van der Waals surface area contributed by atoms with E-state index in [1.54, 1.807) is 6.07 Å². The second-order valence-corrected chi connectivity index (χ2v) is 27.9. The molecule has 14 bridgehead atoms. The number of nitrogens with one attached hydrogen (secondary N) is 5. The Morgan fingerprint density at radius 1 is 0.812 bits per heavy atom. The summed E-state index contributed by atoms with van der Waals surface area (Å²) in [7, 11) is 2.07. The smallest absolute Gasteiger partial charge is 0.340 e. The maximum absolute atomic E-state index is 15.4. The van der Waals surface area contributed by atoms with Crippen LogP contribution in [0.4, 0.5) is 0 Å². The predicted molar refractivity (Wildman–Crippen MR) is 336 cm³/mol. The Labute approximate surface area is 505 Å². The fourth-order valence-corrected chi connectivity index (χ4v) is 18.3. The van der Waals surface area contributed by atoms with Crippen LogP contribution in [0.2, 0.25) is 0 Å². The molecule has 7 N–H and O–H groups in total. The van der Waals surface area contributed by atoms with Gasteiger partial charge in [-0.05, 0) is 251 Å². The highest BCUT2D eigenvalue weighted by molar-refractivity contribution is 6.07. The summed E-state index contributed by atoms with van der Waals surface area (Å²) in [5, 5.41) is 42.0. The van der Waals surface area contributed by atoms with E-state index in [1.165, 1.54) is 35.1 Å². The third-order valence-electron chi connectivity index (χ3n) is 22.4. The first-order valence-electron chi connectivity index (χ1n) is 33.0. The van der Waals surface area contributed by atoms with Crippen LogP contribution >= 0.6 is 0 Å². The molecule has 0 aromatic heterocycles. The van der Waals surface area contributed by atoms with Gasteiger partial charge in [0.1, 0.15) is 17.3 Å². The standard InChI is InChI=1S/C74H93N5O6/c1-6-47(33-48-13-8-7-9-14-48)37-63-74-30-22-58-59-19-20-60-62(84-70(82)66(60)67(59)74)23-29-72(54-25-32-77-64(39-54)75-5)28-21-52(41-72)69(78-43-46(4)80)53-34-49(36-55(38-53)73(26-10-11-27-73)79-42-45(2)3)24-31-76-44-50-15-12-16-51(35-50)57-18-17-56(81)40-61(57)65(58)68(74)71(83)85-63/h7-9,12-18,23,34-38,40,45-47,52,54,58-59,64,67,69,75-81H,6,10-11,19-22,24-33,39,41-44H2,1-5H3/b62-23?,63-37-/t46-,47-,52-,54+,58+,59-,64-,67+,69-,72+,74+/m0/s1. The summed E-state index contributed by atoms with van der Waals surface area (Å²) < 4.78 is 13.5. The number of phenolic OH excluding ortho intramolecular Hbond substituents is 1. The average molecular weight is 1150 g/mol. The molecular formula is C74H93N5O6. The van der Waals surface area contributed by atoms with Gasteiger partial charge in [-0.1, -0.05) is 106 Å². The summed E-state index contributed by atoms with van der Waals surface area (Å²) in [6.07, 6.45) is 20.6. The largest absolute Gasteiger partial charge is 0.508 e. The number of allylic oxidation sites excluding steroid dienone is 5. The topological polar surface area (TPSA) is 153 Å². The van der Waals surface area contributed by atoms with E-state index in [9.17, 15) is 10.2 Å². The molecule has 4 aromatic rings. The molecule has 1 spiro atoms. The summed E-state index contributed by atoms with van der Waals surface area (Å²) >= 11 is 0. The molecule has 11 nitrogen and oxygen atoms in total. The first kappa shape index (κ1) is 58.4. The zero-order valence-electron chi connectivity index (χ0n) is 51.2. The van der Waals surface area contributed by atoms with Crippen molar-refractivity contribution in [2.45, 2.75) is 167 Å². The van der Waals surface area contributed by atoms with E-state index < -0.39 is 11.5 Å². The van der Waals surface area contributed by atoms with Gasteiger partial charge in [-0.3, -0.25) is 0 Å². The minimum Gasteiger partial charge on any atom is -0.508 e. The summed E-state index contributed by atoms with van der Waals surface area (Å²) in [5.41, 5.74) is 11.7. The van der Waals surface area contributed by atoms with Crippen LogP contribution < -0.4 is 26.6 Å². The number of cyclic esters (lactones) is 1. The first-order valence-corrected chi connectivity index (χ1v) is 33.0. The molecule has 11 atom stereocenters. The van der Waals surface area contributed by atoms with Crippen molar-refractivity contribution in [1.82, 2.24) is 26.6 Å². The highest BCUT2D eigenvalue weighted by atomic mass is 16.6. The van der Waals surface area contributed by atoms with E-state index in [1.807, 2.05) is 19.1 Å². The van der Waals surface area contributed by atoms with E-state index in [0.29, 0.717) is 55.0 Å². The number of esters is 2. The maximum Gasteiger partial charge on any atom is 0.340 e. The van der Waals surface area contributed by atoms with Gasteiger partial charge in [0.15, 0.2) is 0 Å². The molecule has 450 valence electrons. The fraction of sp³-hybridized carbons (Fsp3) is 0.541. The lowest BCUT2D eigenvalue weighted by molar-refractivity contribution is -0.135. The van der Waals surface area contributed by atoms with Crippen molar-refractivity contribution in [2.24, 2.45) is 52.3 Å². The highest BCUT2D eigenvalue weighted by Gasteiger charge is 2.69.